The maximum Gasteiger partial charge on any atom is 0.127 e. The summed E-state index contributed by atoms with van der Waals surface area (Å²) in [7, 11) is 5.09. The van der Waals surface area contributed by atoms with Gasteiger partial charge in [0.05, 0.1) is 20.3 Å². The Balaban J connectivity index is 2.98. The van der Waals surface area contributed by atoms with Gasteiger partial charge in [-0.25, -0.2) is 0 Å². The van der Waals surface area contributed by atoms with Crippen LogP contribution in [0.2, 0.25) is 0 Å². The third-order valence-electron chi connectivity index (χ3n) is 3.43. The monoisotopic (exact) mass is 281 g/mol. The normalized spacial score (nSPS) is 13.8. The summed E-state index contributed by atoms with van der Waals surface area (Å²) in [6, 6.07) is 6.17. The van der Waals surface area contributed by atoms with Crippen LogP contribution < -0.4 is 14.8 Å². The van der Waals surface area contributed by atoms with Crippen LogP contribution in [0.15, 0.2) is 18.2 Å². The zero-order valence-electron chi connectivity index (χ0n) is 13.2. The van der Waals surface area contributed by atoms with E-state index in [1.54, 1.807) is 21.3 Å². The van der Waals surface area contributed by atoms with E-state index >= 15 is 0 Å². The third kappa shape index (κ3) is 4.69. The fourth-order valence-corrected chi connectivity index (χ4v) is 2.17. The average molecular weight is 281 g/mol. The first-order chi connectivity index (χ1) is 9.65. The average Bonchev–Trinajstić information content (AvgIpc) is 2.50. The van der Waals surface area contributed by atoms with Crippen LogP contribution in [0.25, 0.3) is 0 Å². The molecule has 0 saturated carbocycles. The van der Waals surface area contributed by atoms with Gasteiger partial charge in [-0.05, 0) is 32.4 Å². The molecular formula is C16H27NO3. The number of benzene rings is 1. The van der Waals surface area contributed by atoms with Crippen molar-refractivity contribution in [1.82, 2.24) is 5.32 Å². The van der Waals surface area contributed by atoms with Gasteiger partial charge >= 0.3 is 0 Å². The molecule has 1 N–H and O–H groups in total. The molecule has 0 heterocycles. The summed E-state index contributed by atoms with van der Waals surface area (Å²) in [5.41, 5.74) is 1.14. The maximum absolute atomic E-state index is 5.50. The summed E-state index contributed by atoms with van der Waals surface area (Å²) in [6.45, 7) is 5.21. The van der Waals surface area contributed by atoms with Crippen LogP contribution in [-0.2, 0) is 4.74 Å². The van der Waals surface area contributed by atoms with Gasteiger partial charge in [-0.2, -0.15) is 0 Å². The molecule has 0 amide bonds. The highest BCUT2D eigenvalue weighted by Gasteiger charge is 2.19. The molecule has 4 nitrogen and oxygen atoms in total. The first-order valence-corrected chi connectivity index (χ1v) is 7.14. The van der Waals surface area contributed by atoms with E-state index in [1.165, 1.54) is 0 Å². The summed E-state index contributed by atoms with van der Waals surface area (Å²) in [5, 5.41) is 3.56. The molecule has 2 unspecified atom stereocenters. The number of rotatable bonds is 9. The predicted octanol–water partition coefficient (Wildman–Crippen LogP) is 3.17. The van der Waals surface area contributed by atoms with Crippen molar-refractivity contribution in [3.8, 4) is 11.5 Å². The van der Waals surface area contributed by atoms with E-state index in [0.717, 1.165) is 36.4 Å². The van der Waals surface area contributed by atoms with Gasteiger partial charge in [0, 0.05) is 24.8 Å². The Kier molecular flexibility index (Phi) is 7.41. The Morgan fingerprint density at radius 1 is 1.15 bits per heavy atom. The van der Waals surface area contributed by atoms with Crippen molar-refractivity contribution in [2.75, 3.05) is 27.9 Å². The van der Waals surface area contributed by atoms with Gasteiger partial charge in [-0.1, -0.05) is 13.0 Å². The molecule has 0 radical (unpaired) electrons. The van der Waals surface area contributed by atoms with Crippen molar-refractivity contribution in [3.63, 3.8) is 0 Å². The van der Waals surface area contributed by atoms with E-state index in [2.05, 4.69) is 25.2 Å². The van der Waals surface area contributed by atoms with Gasteiger partial charge in [-0.3, -0.25) is 0 Å². The van der Waals surface area contributed by atoms with Crippen LogP contribution in [0.3, 0.4) is 0 Å². The first-order valence-electron chi connectivity index (χ1n) is 7.14. The minimum absolute atomic E-state index is 0.191. The molecule has 1 rings (SSSR count). The molecule has 0 aromatic heterocycles. The predicted molar refractivity (Wildman–Crippen MR) is 81.7 cm³/mol. The van der Waals surface area contributed by atoms with Crippen molar-refractivity contribution < 1.29 is 14.2 Å². The van der Waals surface area contributed by atoms with Gasteiger partial charge in [0.2, 0.25) is 0 Å². The zero-order chi connectivity index (χ0) is 15.0. The quantitative estimate of drug-likeness (QED) is 0.754. The number of hydrogen-bond acceptors (Lipinski definition) is 4. The van der Waals surface area contributed by atoms with Gasteiger partial charge in [-0.15, -0.1) is 0 Å². The lowest BCUT2D eigenvalue weighted by Crippen LogP contribution is -2.26. The molecule has 0 aliphatic rings. The van der Waals surface area contributed by atoms with Crippen LogP contribution in [0.1, 0.15) is 38.3 Å². The van der Waals surface area contributed by atoms with Crippen LogP contribution in [0, 0.1) is 0 Å². The summed E-state index contributed by atoms with van der Waals surface area (Å²) < 4.78 is 16.1. The molecule has 4 heteroatoms. The van der Waals surface area contributed by atoms with Crippen LogP contribution in [0.4, 0.5) is 0 Å². The minimum atomic E-state index is 0.191. The lowest BCUT2D eigenvalue weighted by molar-refractivity contribution is 0.100. The molecule has 20 heavy (non-hydrogen) atoms. The Bertz CT molecular complexity index is 395. The fraction of sp³-hybridized carbons (Fsp3) is 0.625. The highest BCUT2D eigenvalue weighted by atomic mass is 16.5. The second-order valence-corrected chi connectivity index (χ2v) is 4.90. The topological polar surface area (TPSA) is 39.7 Å². The van der Waals surface area contributed by atoms with Crippen LogP contribution in [0.5, 0.6) is 11.5 Å². The van der Waals surface area contributed by atoms with Gasteiger partial charge in [0.25, 0.3) is 0 Å². The van der Waals surface area contributed by atoms with E-state index in [-0.39, 0.29) is 12.1 Å². The van der Waals surface area contributed by atoms with E-state index < -0.39 is 0 Å². The van der Waals surface area contributed by atoms with Crippen LogP contribution in [-0.4, -0.2) is 34.0 Å². The minimum Gasteiger partial charge on any atom is -0.497 e. The SMILES string of the molecule is CCCNC(CC(C)OC)c1ccc(OC)cc1OC. The fourth-order valence-electron chi connectivity index (χ4n) is 2.17. The Hall–Kier alpha value is -1.26. The lowest BCUT2D eigenvalue weighted by atomic mass is 9.99. The second-order valence-electron chi connectivity index (χ2n) is 4.90. The molecular weight excluding hydrogens is 254 g/mol. The zero-order valence-corrected chi connectivity index (χ0v) is 13.2. The second kappa shape index (κ2) is 8.82. The van der Waals surface area contributed by atoms with Crippen molar-refractivity contribution in [1.29, 1.82) is 0 Å². The molecule has 1 aromatic rings. The number of nitrogens with one attached hydrogen (secondary N) is 1. The molecule has 1 aromatic carbocycles. The summed E-state index contributed by atoms with van der Waals surface area (Å²) >= 11 is 0. The highest BCUT2D eigenvalue weighted by Crippen LogP contribution is 2.32. The molecule has 0 bridgehead atoms. The number of ether oxygens (including phenoxy) is 3. The molecule has 0 saturated heterocycles. The maximum atomic E-state index is 5.50. The lowest BCUT2D eigenvalue weighted by Gasteiger charge is -2.24. The molecule has 2 atom stereocenters. The van der Waals surface area contributed by atoms with Crippen molar-refractivity contribution in [3.05, 3.63) is 23.8 Å². The van der Waals surface area contributed by atoms with Gasteiger partial charge in [0.15, 0.2) is 0 Å². The van der Waals surface area contributed by atoms with Gasteiger partial charge in [0.1, 0.15) is 11.5 Å². The molecule has 0 spiro atoms. The smallest absolute Gasteiger partial charge is 0.127 e. The molecule has 0 aliphatic heterocycles. The van der Waals surface area contributed by atoms with Crippen LogP contribution >= 0.6 is 0 Å². The summed E-state index contributed by atoms with van der Waals surface area (Å²) in [6.07, 6.45) is 2.19. The largest absolute Gasteiger partial charge is 0.497 e. The molecule has 0 fully saturated rings. The highest BCUT2D eigenvalue weighted by molar-refractivity contribution is 5.42. The summed E-state index contributed by atoms with van der Waals surface area (Å²) in [4.78, 5) is 0. The Labute approximate surface area is 122 Å². The summed E-state index contributed by atoms with van der Waals surface area (Å²) in [5.74, 6) is 1.65. The van der Waals surface area contributed by atoms with Crippen molar-refractivity contribution in [2.24, 2.45) is 0 Å². The first kappa shape index (κ1) is 16.8. The Morgan fingerprint density at radius 3 is 2.45 bits per heavy atom. The van der Waals surface area contributed by atoms with E-state index in [0.29, 0.717) is 0 Å². The van der Waals surface area contributed by atoms with Gasteiger partial charge < -0.3 is 19.5 Å². The van der Waals surface area contributed by atoms with E-state index in [1.807, 2.05) is 12.1 Å². The van der Waals surface area contributed by atoms with E-state index in [4.69, 9.17) is 14.2 Å². The standard InChI is InChI=1S/C16H27NO3/c1-6-9-17-15(10-12(2)18-3)14-8-7-13(19-4)11-16(14)20-5/h7-8,11-12,15,17H,6,9-10H2,1-5H3. The third-order valence-corrected chi connectivity index (χ3v) is 3.43. The van der Waals surface area contributed by atoms with Crippen molar-refractivity contribution in [2.45, 2.75) is 38.8 Å². The number of methoxy groups -OCH3 is 3. The number of hydrogen-bond donors (Lipinski definition) is 1. The van der Waals surface area contributed by atoms with E-state index in [9.17, 15) is 0 Å². The Morgan fingerprint density at radius 2 is 1.90 bits per heavy atom. The molecule has 114 valence electrons. The molecule has 0 aliphatic carbocycles. The van der Waals surface area contributed by atoms with Crippen molar-refractivity contribution >= 4 is 0 Å².